The van der Waals surface area contributed by atoms with E-state index in [4.69, 9.17) is 4.42 Å². The van der Waals surface area contributed by atoms with E-state index in [2.05, 4.69) is 11.9 Å². The third-order valence-electron chi connectivity index (χ3n) is 3.12. The number of hydrogen-bond acceptors (Lipinski definition) is 3. The molecule has 0 saturated heterocycles. The van der Waals surface area contributed by atoms with Crippen LogP contribution in [-0.2, 0) is 11.3 Å². The van der Waals surface area contributed by atoms with Crippen molar-refractivity contribution in [2.75, 3.05) is 7.05 Å². The van der Waals surface area contributed by atoms with Crippen LogP contribution in [-0.4, -0.2) is 23.8 Å². The largest absolute Gasteiger partial charge is 0.468 e. The van der Waals surface area contributed by atoms with Crippen LogP contribution in [0.1, 0.15) is 31.4 Å². The van der Waals surface area contributed by atoms with Crippen LogP contribution >= 0.6 is 0 Å². The first-order valence-electron chi connectivity index (χ1n) is 5.50. The maximum atomic E-state index is 11.1. The Kier molecular flexibility index (Phi) is 3.21. The number of hydrogen-bond donors (Lipinski definition) is 0. The molecule has 0 aromatic carbocycles. The van der Waals surface area contributed by atoms with Crippen molar-refractivity contribution in [2.45, 2.75) is 38.3 Å². The molecule has 0 N–H and O–H groups in total. The lowest BCUT2D eigenvalue weighted by Crippen LogP contribution is -2.34. The molecule has 2 rings (SSSR count). The number of Topliss-reactive ketones (excluding diaryl/α,β-unsaturated/α-hetero) is 1. The molecule has 82 valence electrons. The molecule has 15 heavy (non-hydrogen) atoms. The molecule has 1 fully saturated rings. The summed E-state index contributed by atoms with van der Waals surface area (Å²) < 4.78 is 5.31. The number of carbonyl (C=O) groups is 1. The summed E-state index contributed by atoms with van der Waals surface area (Å²) in [5.41, 5.74) is 0. The summed E-state index contributed by atoms with van der Waals surface area (Å²) in [7, 11) is 2.10. The molecular weight excluding hydrogens is 190 g/mol. The van der Waals surface area contributed by atoms with Gasteiger partial charge in [-0.05, 0) is 32.0 Å². The zero-order valence-corrected chi connectivity index (χ0v) is 9.11. The van der Waals surface area contributed by atoms with Crippen LogP contribution < -0.4 is 0 Å². The highest BCUT2D eigenvalue weighted by Crippen LogP contribution is 2.20. The summed E-state index contributed by atoms with van der Waals surface area (Å²) in [6, 6.07) is 4.44. The van der Waals surface area contributed by atoms with E-state index >= 15 is 0 Å². The maximum absolute atomic E-state index is 11.1. The second-order valence-electron chi connectivity index (χ2n) is 4.26. The van der Waals surface area contributed by atoms with Crippen molar-refractivity contribution >= 4 is 5.78 Å². The Morgan fingerprint density at radius 1 is 1.47 bits per heavy atom. The van der Waals surface area contributed by atoms with Gasteiger partial charge in [0.15, 0.2) is 0 Å². The Labute approximate surface area is 90.1 Å². The van der Waals surface area contributed by atoms with E-state index in [1.54, 1.807) is 6.26 Å². The molecular formula is C12H17NO2. The van der Waals surface area contributed by atoms with E-state index in [0.717, 1.165) is 38.0 Å². The quantitative estimate of drug-likeness (QED) is 0.762. The van der Waals surface area contributed by atoms with Gasteiger partial charge in [0, 0.05) is 18.9 Å². The zero-order valence-electron chi connectivity index (χ0n) is 9.11. The standard InChI is InChI=1S/C12H17NO2/c1-13(9-12-3-2-8-15-12)10-4-6-11(14)7-5-10/h2-3,8,10H,4-7,9H2,1H3. The van der Waals surface area contributed by atoms with E-state index in [1.807, 2.05) is 12.1 Å². The molecule has 3 nitrogen and oxygen atoms in total. The lowest BCUT2D eigenvalue weighted by atomic mass is 9.93. The van der Waals surface area contributed by atoms with Gasteiger partial charge in [0.2, 0.25) is 0 Å². The van der Waals surface area contributed by atoms with E-state index in [9.17, 15) is 4.79 Å². The minimum atomic E-state index is 0.414. The highest BCUT2D eigenvalue weighted by Gasteiger charge is 2.22. The maximum Gasteiger partial charge on any atom is 0.133 e. The van der Waals surface area contributed by atoms with Crippen LogP contribution in [0, 0.1) is 0 Å². The smallest absolute Gasteiger partial charge is 0.133 e. The van der Waals surface area contributed by atoms with Gasteiger partial charge in [0.1, 0.15) is 11.5 Å². The topological polar surface area (TPSA) is 33.5 Å². The average Bonchev–Trinajstić information content (AvgIpc) is 2.71. The van der Waals surface area contributed by atoms with Gasteiger partial charge < -0.3 is 4.42 Å². The van der Waals surface area contributed by atoms with Crippen molar-refractivity contribution in [3.63, 3.8) is 0 Å². The minimum absolute atomic E-state index is 0.414. The van der Waals surface area contributed by atoms with E-state index < -0.39 is 0 Å². The van der Waals surface area contributed by atoms with Gasteiger partial charge in [-0.25, -0.2) is 0 Å². The van der Waals surface area contributed by atoms with Crippen molar-refractivity contribution < 1.29 is 9.21 Å². The molecule has 0 spiro atoms. The highest BCUT2D eigenvalue weighted by molar-refractivity contribution is 5.79. The van der Waals surface area contributed by atoms with Crippen LogP contribution in [0.25, 0.3) is 0 Å². The number of rotatable bonds is 3. The molecule has 3 heteroatoms. The van der Waals surface area contributed by atoms with Crippen LogP contribution in [0.3, 0.4) is 0 Å². The van der Waals surface area contributed by atoms with Crippen molar-refractivity contribution in [1.82, 2.24) is 4.90 Å². The molecule has 1 aromatic rings. The Morgan fingerprint density at radius 2 is 2.20 bits per heavy atom. The van der Waals surface area contributed by atoms with Gasteiger partial charge in [0.05, 0.1) is 12.8 Å². The number of furan rings is 1. The SMILES string of the molecule is CN(Cc1ccco1)C1CCC(=O)CC1. The van der Waals surface area contributed by atoms with Crippen LogP contribution in [0.5, 0.6) is 0 Å². The molecule has 0 bridgehead atoms. The Hall–Kier alpha value is -1.09. The predicted molar refractivity (Wildman–Crippen MR) is 57.4 cm³/mol. The monoisotopic (exact) mass is 207 g/mol. The molecule has 1 aliphatic rings. The van der Waals surface area contributed by atoms with Crippen LogP contribution in [0.2, 0.25) is 0 Å². The van der Waals surface area contributed by atoms with E-state index in [0.29, 0.717) is 11.8 Å². The normalized spacial score (nSPS) is 18.7. The van der Waals surface area contributed by atoms with Crippen LogP contribution in [0.15, 0.2) is 22.8 Å². The van der Waals surface area contributed by atoms with Crippen molar-refractivity contribution in [1.29, 1.82) is 0 Å². The zero-order chi connectivity index (χ0) is 10.7. The second-order valence-corrected chi connectivity index (χ2v) is 4.26. The van der Waals surface area contributed by atoms with E-state index in [-0.39, 0.29) is 0 Å². The Morgan fingerprint density at radius 3 is 2.80 bits per heavy atom. The fourth-order valence-corrected chi connectivity index (χ4v) is 2.14. The lowest BCUT2D eigenvalue weighted by molar-refractivity contribution is -0.121. The summed E-state index contributed by atoms with van der Waals surface area (Å²) in [4.78, 5) is 13.4. The molecule has 0 amide bonds. The first-order chi connectivity index (χ1) is 7.25. The third kappa shape index (κ3) is 2.69. The number of nitrogens with zero attached hydrogens (tertiary/aromatic N) is 1. The molecule has 0 radical (unpaired) electrons. The summed E-state index contributed by atoms with van der Waals surface area (Å²) in [5, 5.41) is 0. The first kappa shape index (κ1) is 10.4. The summed E-state index contributed by atoms with van der Waals surface area (Å²) in [5.74, 6) is 1.41. The number of carbonyl (C=O) groups excluding carboxylic acids is 1. The third-order valence-corrected chi connectivity index (χ3v) is 3.12. The van der Waals surface area contributed by atoms with Gasteiger partial charge in [-0.15, -0.1) is 0 Å². The highest BCUT2D eigenvalue weighted by atomic mass is 16.3. The molecule has 0 atom stereocenters. The molecule has 1 heterocycles. The Balaban J connectivity index is 1.85. The summed E-state index contributed by atoms with van der Waals surface area (Å²) >= 11 is 0. The van der Waals surface area contributed by atoms with Crippen molar-refractivity contribution in [3.8, 4) is 0 Å². The fraction of sp³-hybridized carbons (Fsp3) is 0.583. The molecule has 1 saturated carbocycles. The van der Waals surface area contributed by atoms with Gasteiger partial charge in [0.25, 0.3) is 0 Å². The van der Waals surface area contributed by atoms with Gasteiger partial charge >= 0.3 is 0 Å². The van der Waals surface area contributed by atoms with Crippen molar-refractivity contribution in [2.24, 2.45) is 0 Å². The van der Waals surface area contributed by atoms with E-state index in [1.165, 1.54) is 0 Å². The van der Waals surface area contributed by atoms with Gasteiger partial charge in [-0.2, -0.15) is 0 Å². The fourth-order valence-electron chi connectivity index (χ4n) is 2.14. The molecule has 1 aromatic heterocycles. The number of ketones is 1. The van der Waals surface area contributed by atoms with Crippen LogP contribution in [0.4, 0.5) is 0 Å². The summed E-state index contributed by atoms with van der Waals surface area (Å²) in [6.45, 7) is 0.839. The predicted octanol–water partition coefficient (Wildman–Crippen LogP) is 2.22. The first-order valence-corrected chi connectivity index (χ1v) is 5.50. The molecule has 0 aliphatic heterocycles. The lowest BCUT2D eigenvalue weighted by Gasteiger charge is -2.29. The summed E-state index contributed by atoms with van der Waals surface area (Å²) in [6.07, 6.45) is 5.18. The van der Waals surface area contributed by atoms with Crippen molar-refractivity contribution in [3.05, 3.63) is 24.2 Å². The molecule has 0 unspecified atom stereocenters. The minimum Gasteiger partial charge on any atom is -0.468 e. The second kappa shape index (κ2) is 4.62. The molecule has 1 aliphatic carbocycles. The Bertz CT molecular complexity index is 308. The van der Waals surface area contributed by atoms with Gasteiger partial charge in [-0.1, -0.05) is 0 Å². The van der Waals surface area contributed by atoms with Gasteiger partial charge in [-0.3, -0.25) is 9.69 Å². The average molecular weight is 207 g/mol.